The van der Waals surface area contributed by atoms with Crippen LogP contribution in [0.15, 0.2) is 30.3 Å². The summed E-state index contributed by atoms with van der Waals surface area (Å²) in [4.78, 5) is 9.91. The van der Waals surface area contributed by atoms with Gasteiger partial charge in [0.2, 0.25) is 0 Å². The molecule has 1 aromatic rings. The molecule has 12 heavy (non-hydrogen) atoms. The average molecular weight is 278 g/mol. The van der Waals surface area contributed by atoms with Crippen LogP contribution in [0.1, 0.15) is 16.6 Å². The first kappa shape index (κ1) is 9.95. The molecule has 1 unspecified atom stereocenters. The topological polar surface area (TPSA) is 18.5 Å². The Kier molecular flexibility index (Phi) is 4.57. The van der Waals surface area contributed by atoms with E-state index in [1.165, 1.54) is 0 Å². The Morgan fingerprint density at radius 1 is 1.33 bits per heavy atom. The minimum atomic E-state index is -0.0243. The van der Waals surface area contributed by atoms with Crippen molar-refractivity contribution >= 4 is 22.6 Å². The summed E-state index contributed by atoms with van der Waals surface area (Å²) in [7, 11) is 0. The van der Waals surface area contributed by atoms with E-state index in [2.05, 4.69) is 22.6 Å². The highest BCUT2D eigenvalue weighted by Gasteiger charge is 2.06. The summed E-state index contributed by atoms with van der Waals surface area (Å²) in [6.45, 7) is 2.47. The van der Waals surface area contributed by atoms with E-state index in [0.717, 1.165) is 5.56 Å². The highest BCUT2D eigenvalue weighted by molar-refractivity contribution is 14.1. The Morgan fingerprint density at radius 2 is 2.00 bits per heavy atom. The summed E-state index contributed by atoms with van der Waals surface area (Å²) >= 11 is 2.18. The molecular formula is C9H11IO2. The molecule has 0 saturated heterocycles. The van der Waals surface area contributed by atoms with E-state index in [9.17, 15) is 0 Å². The number of hydrogen-bond donors (Lipinski definition) is 0. The zero-order valence-electron chi connectivity index (χ0n) is 6.87. The summed E-state index contributed by atoms with van der Waals surface area (Å²) in [6, 6.07) is 9.96. The summed E-state index contributed by atoms with van der Waals surface area (Å²) in [5, 5.41) is 0. The molecule has 1 atom stereocenters. The number of alkyl halides is 1. The van der Waals surface area contributed by atoms with Crippen LogP contribution in [0, 0.1) is 0 Å². The number of rotatable bonds is 4. The molecule has 0 spiro atoms. The fourth-order valence-corrected chi connectivity index (χ4v) is 1.35. The first-order chi connectivity index (χ1) is 5.84. The lowest BCUT2D eigenvalue weighted by Crippen LogP contribution is -1.97. The van der Waals surface area contributed by atoms with Crippen molar-refractivity contribution in [2.75, 3.05) is 6.61 Å². The van der Waals surface area contributed by atoms with Gasteiger partial charge in [-0.15, -0.1) is 0 Å². The third kappa shape index (κ3) is 3.08. The Balaban J connectivity index is 2.48. The summed E-state index contributed by atoms with van der Waals surface area (Å²) < 4.78 is -0.0243. The lowest BCUT2D eigenvalue weighted by atomic mass is 10.2. The second-order valence-electron chi connectivity index (χ2n) is 2.23. The van der Waals surface area contributed by atoms with Gasteiger partial charge in [-0.1, -0.05) is 30.3 Å². The minimum Gasteiger partial charge on any atom is -0.236 e. The van der Waals surface area contributed by atoms with Crippen LogP contribution in [0.3, 0.4) is 0 Å². The van der Waals surface area contributed by atoms with Crippen molar-refractivity contribution in [1.82, 2.24) is 0 Å². The third-order valence-electron chi connectivity index (χ3n) is 1.33. The molecule has 0 N–H and O–H groups in total. The standard InChI is InChI=1S/C9H11IO2/c1-2-11-12-9(10)8-6-4-3-5-7-8/h3-7,9H,2H2,1H3. The van der Waals surface area contributed by atoms with Crippen LogP contribution < -0.4 is 0 Å². The molecule has 0 heterocycles. The molecule has 0 radical (unpaired) electrons. The molecule has 0 amide bonds. The van der Waals surface area contributed by atoms with Crippen molar-refractivity contribution in [3.05, 3.63) is 35.9 Å². The Hall–Kier alpha value is -0.130. The first-order valence-electron chi connectivity index (χ1n) is 3.82. The van der Waals surface area contributed by atoms with Gasteiger partial charge in [0.1, 0.15) is 0 Å². The molecule has 3 heteroatoms. The van der Waals surface area contributed by atoms with Crippen LogP contribution in [-0.2, 0) is 9.78 Å². The molecule has 0 aliphatic rings. The van der Waals surface area contributed by atoms with E-state index in [4.69, 9.17) is 9.78 Å². The quantitative estimate of drug-likeness (QED) is 0.365. The van der Waals surface area contributed by atoms with Crippen molar-refractivity contribution in [3.63, 3.8) is 0 Å². The number of halogens is 1. The van der Waals surface area contributed by atoms with Crippen LogP contribution in [-0.4, -0.2) is 6.61 Å². The molecule has 2 nitrogen and oxygen atoms in total. The molecule has 0 aliphatic carbocycles. The molecule has 66 valence electrons. The maximum Gasteiger partial charge on any atom is 0.169 e. The van der Waals surface area contributed by atoms with E-state index < -0.39 is 0 Å². The Bertz CT molecular complexity index is 213. The van der Waals surface area contributed by atoms with Crippen molar-refractivity contribution < 1.29 is 9.78 Å². The van der Waals surface area contributed by atoms with Crippen molar-refractivity contribution in [3.8, 4) is 0 Å². The van der Waals surface area contributed by atoms with Gasteiger partial charge in [0.05, 0.1) is 6.61 Å². The average Bonchev–Trinajstić information content (AvgIpc) is 2.15. The van der Waals surface area contributed by atoms with Gasteiger partial charge in [-0.05, 0) is 35.1 Å². The fourth-order valence-electron chi connectivity index (χ4n) is 0.788. The van der Waals surface area contributed by atoms with Gasteiger partial charge >= 0.3 is 0 Å². The molecule has 0 bridgehead atoms. The highest BCUT2D eigenvalue weighted by atomic mass is 127. The highest BCUT2D eigenvalue weighted by Crippen LogP contribution is 2.24. The van der Waals surface area contributed by atoms with E-state index in [1.807, 2.05) is 37.3 Å². The summed E-state index contributed by atoms with van der Waals surface area (Å²) in [5.74, 6) is 0. The molecule has 1 rings (SSSR count). The van der Waals surface area contributed by atoms with E-state index >= 15 is 0 Å². The molecule has 0 fully saturated rings. The lowest BCUT2D eigenvalue weighted by Gasteiger charge is -2.08. The Labute approximate surface area is 85.9 Å². The third-order valence-corrected chi connectivity index (χ3v) is 2.26. The van der Waals surface area contributed by atoms with Crippen LogP contribution in [0.25, 0.3) is 0 Å². The number of hydrogen-bond acceptors (Lipinski definition) is 2. The largest absolute Gasteiger partial charge is 0.236 e. The van der Waals surface area contributed by atoms with E-state index in [-0.39, 0.29) is 4.11 Å². The van der Waals surface area contributed by atoms with Crippen molar-refractivity contribution in [2.45, 2.75) is 11.0 Å². The second-order valence-corrected chi connectivity index (χ2v) is 3.36. The zero-order valence-corrected chi connectivity index (χ0v) is 9.02. The molecular weight excluding hydrogens is 267 g/mol. The van der Waals surface area contributed by atoms with Crippen LogP contribution in [0.5, 0.6) is 0 Å². The summed E-state index contributed by atoms with van der Waals surface area (Å²) in [5.41, 5.74) is 1.12. The zero-order chi connectivity index (χ0) is 8.81. The van der Waals surface area contributed by atoms with Crippen molar-refractivity contribution in [1.29, 1.82) is 0 Å². The minimum absolute atomic E-state index is 0.0243. The fraction of sp³-hybridized carbons (Fsp3) is 0.333. The second kappa shape index (κ2) is 5.50. The predicted octanol–water partition coefficient (Wildman–Crippen LogP) is 3.09. The maximum absolute atomic E-state index is 5.06. The molecule has 0 aromatic heterocycles. The molecule has 0 saturated carbocycles. The van der Waals surface area contributed by atoms with Crippen LogP contribution in [0.2, 0.25) is 0 Å². The van der Waals surface area contributed by atoms with Gasteiger partial charge in [-0.3, -0.25) is 0 Å². The van der Waals surface area contributed by atoms with Gasteiger partial charge in [0, 0.05) is 0 Å². The SMILES string of the molecule is CCOOC(I)c1ccccc1. The van der Waals surface area contributed by atoms with Gasteiger partial charge in [0.25, 0.3) is 0 Å². The summed E-state index contributed by atoms with van der Waals surface area (Å²) in [6.07, 6.45) is 0. The van der Waals surface area contributed by atoms with Crippen LogP contribution in [0.4, 0.5) is 0 Å². The molecule has 0 aliphatic heterocycles. The van der Waals surface area contributed by atoms with Gasteiger partial charge < -0.3 is 0 Å². The van der Waals surface area contributed by atoms with Gasteiger partial charge in [-0.2, -0.15) is 0 Å². The van der Waals surface area contributed by atoms with Gasteiger partial charge in [-0.25, -0.2) is 9.78 Å². The Morgan fingerprint density at radius 3 is 2.58 bits per heavy atom. The monoisotopic (exact) mass is 278 g/mol. The molecule has 1 aromatic carbocycles. The smallest absolute Gasteiger partial charge is 0.169 e. The predicted molar refractivity (Wildman–Crippen MR) is 55.9 cm³/mol. The maximum atomic E-state index is 5.06. The van der Waals surface area contributed by atoms with E-state index in [1.54, 1.807) is 0 Å². The number of benzene rings is 1. The van der Waals surface area contributed by atoms with Crippen LogP contribution >= 0.6 is 22.6 Å². The van der Waals surface area contributed by atoms with Gasteiger partial charge in [0.15, 0.2) is 4.11 Å². The van der Waals surface area contributed by atoms with E-state index in [0.29, 0.717) is 6.61 Å². The first-order valence-corrected chi connectivity index (χ1v) is 5.06. The van der Waals surface area contributed by atoms with Crippen molar-refractivity contribution in [2.24, 2.45) is 0 Å². The normalized spacial score (nSPS) is 12.8. The lowest BCUT2D eigenvalue weighted by molar-refractivity contribution is -0.298.